The minimum atomic E-state index is 0.132. The van der Waals surface area contributed by atoms with E-state index in [0.717, 1.165) is 24.6 Å². The Morgan fingerprint density at radius 3 is 2.38 bits per heavy atom. The van der Waals surface area contributed by atoms with Crippen LogP contribution in [0.5, 0.6) is 11.5 Å². The number of ether oxygens (including phenoxy) is 2. The number of thioether (sulfide) groups is 1. The van der Waals surface area contributed by atoms with E-state index in [4.69, 9.17) is 9.47 Å². The van der Waals surface area contributed by atoms with Crippen molar-refractivity contribution < 1.29 is 9.47 Å². The van der Waals surface area contributed by atoms with Crippen LogP contribution in [0.15, 0.2) is 17.0 Å². The smallest absolute Gasteiger partial charge is 0.162 e. The summed E-state index contributed by atoms with van der Waals surface area (Å²) in [6, 6.07) is 4.20. The van der Waals surface area contributed by atoms with Crippen molar-refractivity contribution in [1.29, 1.82) is 0 Å². The molecule has 5 heteroatoms. The van der Waals surface area contributed by atoms with E-state index in [0.29, 0.717) is 13.2 Å². The van der Waals surface area contributed by atoms with Gasteiger partial charge in [0, 0.05) is 23.5 Å². The van der Waals surface area contributed by atoms with Gasteiger partial charge in [-0.3, -0.25) is 0 Å². The second-order valence-corrected chi connectivity index (χ2v) is 6.97. The third-order valence-electron chi connectivity index (χ3n) is 4.03. The zero-order valence-corrected chi connectivity index (χ0v) is 14.5. The van der Waals surface area contributed by atoms with Crippen molar-refractivity contribution in [3.8, 4) is 11.5 Å². The van der Waals surface area contributed by atoms with Crippen LogP contribution in [-0.2, 0) is 6.54 Å². The third kappa shape index (κ3) is 4.05. The van der Waals surface area contributed by atoms with Crippen molar-refractivity contribution >= 4 is 11.8 Å². The lowest BCUT2D eigenvalue weighted by Crippen LogP contribution is -2.46. The molecule has 1 aliphatic rings. The first-order valence-electron chi connectivity index (χ1n) is 7.28. The molecule has 0 aromatic heterocycles. The van der Waals surface area contributed by atoms with Gasteiger partial charge in [-0.1, -0.05) is 0 Å². The number of benzene rings is 1. The molecule has 0 aliphatic carbocycles. The minimum absolute atomic E-state index is 0.132. The van der Waals surface area contributed by atoms with Gasteiger partial charge in [0.1, 0.15) is 13.2 Å². The van der Waals surface area contributed by atoms with Gasteiger partial charge in [0.05, 0.1) is 0 Å². The van der Waals surface area contributed by atoms with Crippen molar-refractivity contribution in [3.05, 3.63) is 17.7 Å². The maximum absolute atomic E-state index is 5.68. The number of likely N-dealkylation sites (N-methyl/N-ethyl adjacent to an activating group) is 1. The van der Waals surface area contributed by atoms with E-state index in [2.05, 4.69) is 56.5 Å². The Labute approximate surface area is 132 Å². The number of rotatable bonds is 6. The molecule has 118 valence electrons. The van der Waals surface area contributed by atoms with Crippen LogP contribution < -0.4 is 14.8 Å². The molecule has 0 bridgehead atoms. The molecule has 0 spiro atoms. The largest absolute Gasteiger partial charge is 0.486 e. The van der Waals surface area contributed by atoms with Crippen molar-refractivity contribution in [2.24, 2.45) is 0 Å². The molecule has 0 atom stereocenters. The van der Waals surface area contributed by atoms with Gasteiger partial charge in [0.2, 0.25) is 0 Å². The SMILES string of the molecule is CSc1cc2c(cc1CNCC(C)(C)N(C)C)OCCO2. The fourth-order valence-electron chi connectivity index (χ4n) is 2.10. The van der Waals surface area contributed by atoms with Crippen molar-refractivity contribution in [2.75, 3.05) is 40.1 Å². The van der Waals surface area contributed by atoms with Gasteiger partial charge in [0.15, 0.2) is 11.5 Å². The van der Waals surface area contributed by atoms with Crippen molar-refractivity contribution in [2.45, 2.75) is 30.8 Å². The first-order chi connectivity index (χ1) is 9.94. The van der Waals surface area contributed by atoms with Gasteiger partial charge < -0.3 is 19.7 Å². The molecule has 0 radical (unpaired) electrons. The van der Waals surface area contributed by atoms with E-state index in [1.165, 1.54) is 10.5 Å². The van der Waals surface area contributed by atoms with Gasteiger partial charge in [-0.15, -0.1) is 11.8 Å². The molecular formula is C16H26N2O2S. The quantitative estimate of drug-likeness (QED) is 0.817. The molecule has 4 nitrogen and oxygen atoms in total. The van der Waals surface area contributed by atoms with Gasteiger partial charge in [-0.05, 0) is 51.9 Å². The lowest BCUT2D eigenvalue weighted by Gasteiger charge is -2.33. The Morgan fingerprint density at radius 1 is 1.19 bits per heavy atom. The third-order valence-corrected chi connectivity index (χ3v) is 4.85. The molecule has 0 saturated heterocycles. The predicted octanol–water partition coefficient (Wildman–Crippen LogP) is 2.61. The highest BCUT2D eigenvalue weighted by atomic mass is 32.2. The van der Waals surface area contributed by atoms with Crippen LogP contribution in [-0.4, -0.2) is 50.5 Å². The lowest BCUT2D eigenvalue weighted by atomic mass is 10.0. The molecule has 2 rings (SSSR count). The zero-order valence-electron chi connectivity index (χ0n) is 13.7. The summed E-state index contributed by atoms with van der Waals surface area (Å²) in [5.74, 6) is 1.73. The predicted molar refractivity (Wildman–Crippen MR) is 88.7 cm³/mol. The summed E-state index contributed by atoms with van der Waals surface area (Å²) in [4.78, 5) is 3.48. The van der Waals surface area contributed by atoms with Crippen LogP contribution in [0.25, 0.3) is 0 Å². The van der Waals surface area contributed by atoms with Crippen LogP contribution in [0.4, 0.5) is 0 Å². The average Bonchev–Trinajstić information content (AvgIpc) is 2.46. The highest BCUT2D eigenvalue weighted by Gasteiger charge is 2.20. The molecule has 21 heavy (non-hydrogen) atoms. The Kier molecular flexibility index (Phi) is 5.41. The lowest BCUT2D eigenvalue weighted by molar-refractivity contribution is 0.170. The molecule has 0 amide bonds. The second-order valence-electron chi connectivity index (χ2n) is 6.12. The molecule has 1 heterocycles. The van der Waals surface area contributed by atoms with Crippen LogP contribution >= 0.6 is 11.8 Å². The Balaban J connectivity index is 2.05. The van der Waals surface area contributed by atoms with E-state index in [-0.39, 0.29) is 5.54 Å². The highest BCUT2D eigenvalue weighted by Crippen LogP contribution is 2.36. The zero-order chi connectivity index (χ0) is 15.5. The first-order valence-corrected chi connectivity index (χ1v) is 8.51. The molecule has 1 N–H and O–H groups in total. The topological polar surface area (TPSA) is 33.7 Å². The van der Waals surface area contributed by atoms with E-state index in [1.807, 2.05) is 0 Å². The molecule has 1 aromatic carbocycles. The average molecular weight is 310 g/mol. The summed E-state index contributed by atoms with van der Waals surface area (Å²) in [7, 11) is 4.22. The standard InChI is InChI=1S/C16H26N2O2S/c1-16(2,18(3)4)11-17-10-12-8-13-14(9-15(12)21-5)20-7-6-19-13/h8-9,17H,6-7,10-11H2,1-5H3. The van der Waals surface area contributed by atoms with Crippen LogP contribution in [0.1, 0.15) is 19.4 Å². The summed E-state index contributed by atoms with van der Waals surface area (Å²) in [6.07, 6.45) is 2.10. The Bertz CT molecular complexity index is 489. The maximum atomic E-state index is 5.68. The van der Waals surface area contributed by atoms with Crippen molar-refractivity contribution in [1.82, 2.24) is 10.2 Å². The maximum Gasteiger partial charge on any atom is 0.162 e. The summed E-state index contributed by atoms with van der Waals surface area (Å²) in [6.45, 7) is 7.51. The highest BCUT2D eigenvalue weighted by molar-refractivity contribution is 7.98. The van der Waals surface area contributed by atoms with Crippen LogP contribution in [0, 0.1) is 0 Å². The van der Waals surface area contributed by atoms with Gasteiger partial charge in [-0.25, -0.2) is 0 Å². The summed E-state index contributed by atoms with van der Waals surface area (Å²) >= 11 is 1.75. The summed E-state index contributed by atoms with van der Waals surface area (Å²) in [5.41, 5.74) is 1.40. The molecule has 0 fully saturated rings. The monoisotopic (exact) mass is 310 g/mol. The molecular weight excluding hydrogens is 284 g/mol. The number of hydrogen-bond acceptors (Lipinski definition) is 5. The van der Waals surface area contributed by atoms with E-state index < -0.39 is 0 Å². The Morgan fingerprint density at radius 2 is 1.81 bits per heavy atom. The summed E-state index contributed by atoms with van der Waals surface area (Å²) < 4.78 is 11.3. The summed E-state index contributed by atoms with van der Waals surface area (Å²) in [5, 5.41) is 3.55. The van der Waals surface area contributed by atoms with E-state index in [9.17, 15) is 0 Å². The van der Waals surface area contributed by atoms with Crippen LogP contribution in [0.3, 0.4) is 0 Å². The molecule has 0 saturated carbocycles. The number of fused-ring (bicyclic) bond motifs is 1. The number of hydrogen-bond donors (Lipinski definition) is 1. The number of nitrogens with zero attached hydrogens (tertiary/aromatic N) is 1. The molecule has 1 aliphatic heterocycles. The van der Waals surface area contributed by atoms with E-state index >= 15 is 0 Å². The second kappa shape index (κ2) is 6.90. The van der Waals surface area contributed by atoms with Gasteiger partial charge in [-0.2, -0.15) is 0 Å². The first kappa shape index (κ1) is 16.5. The fourth-order valence-corrected chi connectivity index (χ4v) is 2.72. The van der Waals surface area contributed by atoms with Gasteiger partial charge in [0.25, 0.3) is 0 Å². The van der Waals surface area contributed by atoms with E-state index in [1.54, 1.807) is 11.8 Å². The van der Waals surface area contributed by atoms with Crippen LogP contribution in [0.2, 0.25) is 0 Å². The minimum Gasteiger partial charge on any atom is -0.486 e. The van der Waals surface area contributed by atoms with Gasteiger partial charge >= 0.3 is 0 Å². The normalized spacial score (nSPS) is 14.6. The number of nitrogens with one attached hydrogen (secondary N) is 1. The molecule has 1 aromatic rings. The van der Waals surface area contributed by atoms with Crippen molar-refractivity contribution in [3.63, 3.8) is 0 Å². The molecule has 0 unspecified atom stereocenters. The fraction of sp³-hybridized carbons (Fsp3) is 0.625. The Hall–Kier alpha value is -0.910.